The molecule has 0 aromatic carbocycles. The Balaban J connectivity index is 2.64. The third-order valence-corrected chi connectivity index (χ3v) is 2.47. The number of nitro groups is 1. The van der Waals surface area contributed by atoms with E-state index in [-0.39, 0.29) is 11.5 Å². The van der Waals surface area contributed by atoms with E-state index in [9.17, 15) is 10.1 Å². The number of aliphatic hydroxyl groups excluding tert-OH is 1. The molecular weight excluding hydrogens is 146 g/mol. The number of rotatable bonds is 2. The fraction of sp³-hybridized carbons (Fsp3) is 1.00. The summed E-state index contributed by atoms with van der Waals surface area (Å²) in [6.07, 6.45) is 3.89. The van der Waals surface area contributed by atoms with Crippen LogP contribution in [0.5, 0.6) is 0 Å². The number of nitrogens with zero attached hydrogens (tertiary/aromatic N) is 1. The molecule has 0 radical (unpaired) electrons. The third-order valence-electron chi connectivity index (χ3n) is 2.47. The number of hydrogen-bond acceptors (Lipinski definition) is 3. The molecular formula is C7H13NO3. The van der Waals surface area contributed by atoms with Crippen LogP contribution in [0.4, 0.5) is 0 Å². The first kappa shape index (κ1) is 8.46. The molecule has 1 aliphatic carbocycles. The Morgan fingerprint density at radius 2 is 1.91 bits per heavy atom. The molecule has 11 heavy (non-hydrogen) atoms. The lowest BCUT2D eigenvalue weighted by atomic mass is 9.83. The van der Waals surface area contributed by atoms with Gasteiger partial charge in [-0.3, -0.25) is 10.1 Å². The average molecular weight is 159 g/mol. The first-order valence-corrected chi connectivity index (χ1v) is 3.97. The van der Waals surface area contributed by atoms with Gasteiger partial charge in [0.2, 0.25) is 5.54 Å². The maximum atomic E-state index is 10.6. The van der Waals surface area contributed by atoms with E-state index in [1.807, 2.05) is 0 Å². The predicted octanol–water partition coefficient (Wildman–Crippen LogP) is 0.958. The highest BCUT2D eigenvalue weighted by atomic mass is 16.6. The van der Waals surface area contributed by atoms with Gasteiger partial charge in [0.05, 0.1) is 0 Å². The molecule has 4 heteroatoms. The second-order valence-corrected chi connectivity index (χ2v) is 3.20. The van der Waals surface area contributed by atoms with Gasteiger partial charge in [-0.2, -0.15) is 0 Å². The van der Waals surface area contributed by atoms with Crippen LogP contribution in [0.15, 0.2) is 0 Å². The first-order valence-electron chi connectivity index (χ1n) is 3.97. The van der Waals surface area contributed by atoms with Gasteiger partial charge in [0.15, 0.2) is 0 Å². The topological polar surface area (TPSA) is 63.4 Å². The lowest BCUT2D eigenvalue weighted by molar-refractivity contribution is -0.578. The van der Waals surface area contributed by atoms with E-state index in [1.165, 1.54) is 0 Å². The zero-order chi connectivity index (χ0) is 8.32. The maximum absolute atomic E-state index is 10.6. The molecule has 0 unspecified atom stereocenters. The highest BCUT2D eigenvalue weighted by Gasteiger charge is 2.42. The molecule has 0 bridgehead atoms. The van der Waals surface area contributed by atoms with Gasteiger partial charge < -0.3 is 5.11 Å². The summed E-state index contributed by atoms with van der Waals surface area (Å²) in [5.41, 5.74) is -1.00. The summed E-state index contributed by atoms with van der Waals surface area (Å²) >= 11 is 0. The van der Waals surface area contributed by atoms with Crippen LogP contribution in [0.2, 0.25) is 0 Å². The van der Waals surface area contributed by atoms with Crippen molar-refractivity contribution in [3.05, 3.63) is 10.1 Å². The summed E-state index contributed by atoms with van der Waals surface area (Å²) in [6.45, 7) is -0.306. The molecule has 0 atom stereocenters. The Hall–Kier alpha value is -0.640. The summed E-state index contributed by atoms with van der Waals surface area (Å²) in [5.74, 6) is 0. The molecule has 1 N–H and O–H groups in total. The van der Waals surface area contributed by atoms with Gasteiger partial charge in [-0.15, -0.1) is 0 Å². The molecule has 1 fully saturated rings. The van der Waals surface area contributed by atoms with Crippen molar-refractivity contribution in [2.75, 3.05) is 6.61 Å². The normalized spacial score (nSPS) is 23.0. The highest BCUT2D eigenvalue weighted by Crippen LogP contribution is 2.30. The van der Waals surface area contributed by atoms with Crippen molar-refractivity contribution >= 4 is 0 Å². The van der Waals surface area contributed by atoms with Crippen LogP contribution < -0.4 is 0 Å². The molecule has 0 aliphatic heterocycles. The minimum Gasteiger partial charge on any atom is -0.389 e. The summed E-state index contributed by atoms with van der Waals surface area (Å²) in [5, 5.41) is 19.4. The quantitative estimate of drug-likeness (QED) is 0.482. The standard InChI is InChI=1S/C7H13NO3/c9-6-7(8(10)11)4-2-1-3-5-7/h9H,1-6H2. The van der Waals surface area contributed by atoms with Crippen LogP contribution >= 0.6 is 0 Å². The maximum Gasteiger partial charge on any atom is 0.244 e. The highest BCUT2D eigenvalue weighted by molar-refractivity contribution is 4.82. The smallest absolute Gasteiger partial charge is 0.244 e. The van der Waals surface area contributed by atoms with Crippen LogP contribution in [0, 0.1) is 10.1 Å². The minimum atomic E-state index is -1.00. The molecule has 0 aromatic rings. The lowest BCUT2D eigenvalue weighted by Gasteiger charge is -2.26. The Bertz CT molecular complexity index is 152. The van der Waals surface area contributed by atoms with E-state index in [0.29, 0.717) is 12.8 Å². The Kier molecular flexibility index (Phi) is 2.44. The predicted molar refractivity (Wildman–Crippen MR) is 39.9 cm³/mol. The van der Waals surface area contributed by atoms with E-state index in [1.54, 1.807) is 0 Å². The largest absolute Gasteiger partial charge is 0.389 e. The van der Waals surface area contributed by atoms with Crippen LogP contribution in [0.1, 0.15) is 32.1 Å². The van der Waals surface area contributed by atoms with Gasteiger partial charge in [0, 0.05) is 17.8 Å². The second kappa shape index (κ2) is 3.17. The van der Waals surface area contributed by atoms with Gasteiger partial charge in [-0.25, -0.2) is 0 Å². The van der Waals surface area contributed by atoms with Crippen molar-refractivity contribution in [2.45, 2.75) is 37.6 Å². The van der Waals surface area contributed by atoms with Gasteiger partial charge in [0.25, 0.3) is 0 Å². The molecule has 0 saturated heterocycles. The average Bonchev–Trinajstić information content (AvgIpc) is 2.05. The monoisotopic (exact) mass is 159 g/mol. The van der Waals surface area contributed by atoms with Crippen molar-refractivity contribution in [2.24, 2.45) is 0 Å². The van der Waals surface area contributed by atoms with Crippen LogP contribution in [0.25, 0.3) is 0 Å². The summed E-state index contributed by atoms with van der Waals surface area (Å²) < 4.78 is 0. The van der Waals surface area contributed by atoms with Crippen molar-refractivity contribution in [1.29, 1.82) is 0 Å². The second-order valence-electron chi connectivity index (χ2n) is 3.20. The Morgan fingerprint density at radius 3 is 2.18 bits per heavy atom. The molecule has 1 saturated carbocycles. The van der Waals surface area contributed by atoms with Crippen molar-refractivity contribution in [3.63, 3.8) is 0 Å². The lowest BCUT2D eigenvalue weighted by Crippen LogP contribution is -2.43. The fourth-order valence-electron chi connectivity index (χ4n) is 1.61. The van der Waals surface area contributed by atoms with Crippen LogP contribution in [0.3, 0.4) is 0 Å². The molecule has 0 amide bonds. The van der Waals surface area contributed by atoms with Gasteiger partial charge >= 0.3 is 0 Å². The minimum absolute atomic E-state index is 0.306. The van der Waals surface area contributed by atoms with Crippen molar-refractivity contribution in [1.82, 2.24) is 0 Å². The number of hydrogen-bond donors (Lipinski definition) is 1. The zero-order valence-corrected chi connectivity index (χ0v) is 6.45. The number of aliphatic hydroxyl groups is 1. The van der Waals surface area contributed by atoms with Gasteiger partial charge in [0.1, 0.15) is 6.61 Å². The van der Waals surface area contributed by atoms with E-state index in [4.69, 9.17) is 5.11 Å². The van der Waals surface area contributed by atoms with Gasteiger partial charge in [-0.1, -0.05) is 6.42 Å². The summed E-state index contributed by atoms with van der Waals surface area (Å²) in [6, 6.07) is 0. The Labute approximate surface area is 65.4 Å². The van der Waals surface area contributed by atoms with Crippen LogP contribution in [-0.4, -0.2) is 22.2 Å². The first-order chi connectivity index (χ1) is 5.21. The molecule has 1 rings (SSSR count). The zero-order valence-electron chi connectivity index (χ0n) is 6.45. The van der Waals surface area contributed by atoms with E-state index >= 15 is 0 Å². The fourth-order valence-corrected chi connectivity index (χ4v) is 1.61. The SMILES string of the molecule is O=[N+]([O-])C1(CO)CCCCC1. The molecule has 4 nitrogen and oxygen atoms in total. The molecule has 1 aliphatic rings. The van der Waals surface area contributed by atoms with E-state index in [2.05, 4.69) is 0 Å². The Morgan fingerprint density at radius 1 is 1.36 bits per heavy atom. The summed E-state index contributed by atoms with van der Waals surface area (Å²) in [7, 11) is 0. The van der Waals surface area contributed by atoms with Crippen LogP contribution in [-0.2, 0) is 0 Å². The summed E-state index contributed by atoms with van der Waals surface area (Å²) in [4.78, 5) is 10.2. The third kappa shape index (κ3) is 1.50. The molecule has 0 spiro atoms. The molecule has 0 aromatic heterocycles. The van der Waals surface area contributed by atoms with Gasteiger partial charge in [-0.05, 0) is 12.8 Å². The molecule has 64 valence electrons. The molecule has 0 heterocycles. The van der Waals surface area contributed by atoms with E-state index in [0.717, 1.165) is 19.3 Å². The van der Waals surface area contributed by atoms with E-state index < -0.39 is 5.54 Å². The van der Waals surface area contributed by atoms with Crippen molar-refractivity contribution in [3.8, 4) is 0 Å². The van der Waals surface area contributed by atoms with Crippen molar-refractivity contribution < 1.29 is 10.0 Å².